The number of carboxylic acids is 1. The molecule has 0 aliphatic carbocycles. The molecule has 0 aliphatic rings. The first kappa shape index (κ1) is 18.7. The van der Waals surface area contributed by atoms with Gasteiger partial charge in [-0.1, -0.05) is 83.8 Å². The molecule has 0 aromatic carbocycles. The zero-order chi connectivity index (χ0) is 15.4. The molecule has 1 atom stereocenters. The van der Waals surface area contributed by atoms with Gasteiger partial charge in [-0.05, 0) is 12.3 Å². The molecule has 0 aromatic rings. The zero-order valence-electron chi connectivity index (χ0n) is 13.1. The Morgan fingerprint density at radius 1 is 1.10 bits per heavy atom. The van der Waals surface area contributed by atoms with Gasteiger partial charge in [-0.25, -0.2) is 4.79 Å². The van der Waals surface area contributed by atoms with Gasteiger partial charge < -0.3 is 5.11 Å². The van der Waals surface area contributed by atoms with Crippen LogP contribution in [0.1, 0.15) is 58.8 Å². The summed E-state index contributed by atoms with van der Waals surface area (Å²) in [6.07, 6.45) is 13.6. The van der Waals surface area contributed by atoms with Crippen LogP contribution in [0.15, 0.2) is 37.0 Å². The van der Waals surface area contributed by atoms with Gasteiger partial charge in [0, 0.05) is 11.5 Å². The maximum Gasteiger partial charge on any atom is 0.331 e. The summed E-state index contributed by atoms with van der Waals surface area (Å²) in [5.41, 5.74) is 0.280. The average molecular weight is 278 g/mol. The third-order valence-corrected chi connectivity index (χ3v) is 3.50. The summed E-state index contributed by atoms with van der Waals surface area (Å²) in [5.74, 6) is -0.177. The van der Waals surface area contributed by atoms with Gasteiger partial charge in [0.1, 0.15) is 0 Å². The molecule has 0 radical (unpaired) electrons. The Balaban J connectivity index is 3.91. The van der Waals surface area contributed by atoms with E-state index in [1.54, 1.807) is 12.2 Å². The normalized spacial score (nSPS) is 12.8. The summed E-state index contributed by atoms with van der Waals surface area (Å²) in [5, 5.41) is 9.02. The van der Waals surface area contributed by atoms with E-state index in [9.17, 15) is 4.79 Å². The van der Waals surface area contributed by atoms with E-state index in [4.69, 9.17) is 5.11 Å². The molecule has 0 saturated carbocycles. The highest BCUT2D eigenvalue weighted by Gasteiger charge is 2.14. The lowest BCUT2D eigenvalue weighted by atomic mass is 9.93. The fourth-order valence-electron chi connectivity index (χ4n) is 2.21. The van der Waals surface area contributed by atoms with Crippen LogP contribution in [-0.2, 0) is 4.79 Å². The molecular weight excluding hydrogens is 248 g/mol. The van der Waals surface area contributed by atoms with Crippen molar-refractivity contribution >= 4 is 5.97 Å². The van der Waals surface area contributed by atoms with Crippen LogP contribution in [0.5, 0.6) is 0 Å². The monoisotopic (exact) mass is 278 g/mol. The molecule has 0 spiro atoms. The second kappa shape index (κ2) is 11.5. The first-order valence-electron chi connectivity index (χ1n) is 7.70. The van der Waals surface area contributed by atoms with Crippen molar-refractivity contribution in [2.75, 3.05) is 0 Å². The molecule has 0 amide bonds. The first-order chi connectivity index (χ1) is 9.49. The molecule has 2 nitrogen and oxygen atoms in total. The zero-order valence-corrected chi connectivity index (χ0v) is 13.1. The molecule has 2 heteroatoms. The van der Waals surface area contributed by atoms with Crippen LogP contribution in [0.2, 0.25) is 0 Å². The van der Waals surface area contributed by atoms with Crippen LogP contribution in [0.25, 0.3) is 0 Å². The van der Waals surface area contributed by atoms with E-state index in [2.05, 4.69) is 27.0 Å². The SMILES string of the molecule is C=CC=CC(CCCCCCCC(C)C)C(=C)C(=O)O. The maximum absolute atomic E-state index is 11.0. The number of hydrogen-bond donors (Lipinski definition) is 1. The van der Waals surface area contributed by atoms with Crippen molar-refractivity contribution in [1.82, 2.24) is 0 Å². The molecule has 0 fully saturated rings. The molecule has 0 saturated heterocycles. The van der Waals surface area contributed by atoms with Crippen molar-refractivity contribution in [3.63, 3.8) is 0 Å². The fraction of sp³-hybridized carbons (Fsp3) is 0.611. The Kier molecular flexibility index (Phi) is 10.8. The minimum atomic E-state index is -0.902. The largest absolute Gasteiger partial charge is 0.478 e. The summed E-state index contributed by atoms with van der Waals surface area (Å²) in [6, 6.07) is 0. The molecule has 114 valence electrons. The fourth-order valence-corrected chi connectivity index (χ4v) is 2.21. The van der Waals surface area contributed by atoms with E-state index in [0.717, 1.165) is 18.8 Å². The van der Waals surface area contributed by atoms with Crippen LogP contribution in [0.3, 0.4) is 0 Å². The molecular formula is C18H30O2. The van der Waals surface area contributed by atoms with E-state index in [-0.39, 0.29) is 11.5 Å². The number of allylic oxidation sites excluding steroid dienone is 3. The second-order valence-corrected chi connectivity index (χ2v) is 5.80. The molecule has 0 aliphatic heterocycles. The summed E-state index contributed by atoms with van der Waals surface area (Å²) in [4.78, 5) is 11.0. The van der Waals surface area contributed by atoms with E-state index in [1.807, 2.05) is 6.08 Å². The maximum atomic E-state index is 11.0. The van der Waals surface area contributed by atoms with Crippen molar-refractivity contribution in [2.24, 2.45) is 11.8 Å². The van der Waals surface area contributed by atoms with E-state index < -0.39 is 5.97 Å². The van der Waals surface area contributed by atoms with Gasteiger partial charge in [-0.3, -0.25) is 0 Å². The molecule has 0 bridgehead atoms. The number of hydrogen-bond acceptors (Lipinski definition) is 1. The van der Waals surface area contributed by atoms with Crippen LogP contribution >= 0.6 is 0 Å². The van der Waals surface area contributed by atoms with Crippen LogP contribution in [-0.4, -0.2) is 11.1 Å². The lowest BCUT2D eigenvalue weighted by Gasteiger charge is -2.12. The summed E-state index contributed by atoms with van der Waals surface area (Å²) in [6.45, 7) is 11.8. The Morgan fingerprint density at radius 2 is 1.65 bits per heavy atom. The van der Waals surface area contributed by atoms with Gasteiger partial charge in [0.2, 0.25) is 0 Å². The van der Waals surface area contributed by atoms with E-state index in [0.29, 0.717) is 0 Å². The number of carbonyl (C=O) groups is 1. The molecule has 0 rings (SSSR count). The summed E-state index contributed by atoms with van der Waals surface area (Å²) < 4.78 is 0. The van der Waals surface area contributed by atoms with Crippen molar-refractivity contribution in [3.05, 3.63) is 37.0 Å². The predicted molar refractivity (Wildman–Crippen MR) is 86.8 cm³/mol. The summed E-state index contributed by atoms with van der Waals surface area (Å²) in [7, 11) is 0. The first-order valence-corrected chi connectivity index (χ1v) is 7.70. The quantitative estimate of drug-likeness (QED) is 0.296. The van der Waals surface area contributed by atoms with Gasteiger partial charge >= 0.3 is 5.97 Å². The second-order valence-electron chi connectivity index (χ2n) is 5.80. The number of unbranched alkanes of at least 4 members (excludes halogenated alkanes) is 4. The number of rotatable bonds is 12. The topological polar surface area (TPSA) is 37.3 Å². The standard InChI is InChI=1S/C18H30O2/c1-5-6-13-17(16(4)18(19)20)14-11-9-7-8-10-12-15(2)3/h5-6,13,15,17H,1,4,7-12,14H2,2-3H3,(H,19,20). The summed E-state index contributed by atoms with van der Waals surface area (Å²) >= 11 is 0. The van der Waals surface area contributed by atoms with Gasteiger partial charge in [-0.15, -0.1) is 0 Å². The molecule has 1 unspecified atom stereocenters. The van der Waals surface area contributed by atoms with Gasteiger partial charge in [0.15, 0.2) is 0 Å². The Labute approximate surface area is 124 Å². The van der Waals surface area contributed by atoms with Crippen molar-refractivity contribution in [3.8, 4) is 0 Å². The third-order valence-electron chi connectivity index (χ3n) is 3.50. The predicted octanol–water partition coefficient (Wildman–Crippen LogP) is 5.37. The highest BCUT2D eigenvalue weighted by molar-refractivity contribution is 5.86. The Morgan fingerprint density at radius 3 is 2.15 bits per heavy atom. The lowest BCUT2D eigenvalue weighted by molar-refractivity contribution is -0.133. The smallest absolute Gasteiger partial charge is 0.331 e. The van der Waals surface area contributed by atoms with Crippen molar-refractivity contribution < 1.29 is 9.90 Å². The molecule has 0 aromatic heterocycles. The highest BCUT2D eigenvalue weighted by Crippen LogP contribution is 2.20. The van der Waals surface area contributed by atoms with Crippen molar-refractivity contribution in [2.45, 2.75) is 58.8 Å². The van der Waals surface area contributed by atoms with Crippen LogP contribution < -0.4 is 0 Å². The van der Waals surface area contributed by atoms with Crippen LogP contribution in [0, 0.1) is 11.8 Å². The third kappa shape index (κ3) is 9.60. The number of carboxylic acid groups (broad SMARTS) is 1. The van der Waals surface area contributed by atoms with Crippen molar-refractivity contribution in [1.29, 1.82) is 0 Å². The van der Waals surface area contributed by atoms with Gasteiger partial charge in [-0.2, -0.15) is 0 Å². The van der Waals surface area contributed by atoms with Gasteiger partial charge in [0.25, 0.3) is 0 Å². The number of aliphatic carboxylic acids is 1. The van der Waals surface area contributed by atoms with Crippen LogP contribution in [0.4, 0.5) is 0 Å². The minimum Gasteiger partial charge on any atom is -0.478 e. The van der Waals surface area contributed by atoms with Gasteiger partial charge in [0.05, 0.1) is 0 Å². The molecule has 20 heavy (non-hydrogen) atoms. The lowest BCUT2D eigenvalue weighted by Crippen LogP contribution is -2.09. The highest BCUT2D eigenvalue weighted by atomic mass is 16.4. The minimum absolute atomic E-state index is 0.0684. The van der Waals surface area contributed by atoms with E-state index in [1.165, 1.54) is 32.1 Å². The average Bonchev–Trinajstić information content (AvgIpc) is 2.39. The Hall–Kier alpha value is -1.31. The Bertz CT molecular complexity index is 326. The molecule has 0 heterocycles. The molecule has 1 N–H and O–H groups in total. The van der Waals surface area contributed by atoms with E-state index >= 15 is 0 Å².